The highest BCUT2D eigenvalue weighted by atomic mass is 16.6. The predicted octanol–water partition coefficient (Wildman–Crippen LogP) is 1.07. The second-order valence-corrected chi connectivity index (χ2v) is 4.63. The highest BCUT2D eigenvalue weighted by molar-refractivity contribution is 6.04. The molecule has 0 bridgehead atoms. The Labute approximate surface area is 112 Å². The molecule has 0 fully saturated rings. The molecule has 1 amide bonds. The van der Waals surface area contributed by atoms with Crippen molar-refractivity contribution in [2.45, 2.75) is 32.0 Å². The van der Waals surface area contributed by atoms with E-state index in [1.165, 1.54) is 0 Å². The minimum absolute atomic E-state index is 0.185. The van der Waals surface area contributed by atoms with Crippen LogP contribution < -0.4 is 5.32 Å². The average Bonchev–Trinajstić information content (AvgIpc) is 2.89. The van der Waals surface area contributed by atoms with Crippen LogP contribution in [0.3, 0.4) is 0 Å². The van der Waals surface area contributed by atoms with E-state index in [4.69, 9.17) is 9.94 Å². The zero-order valence-corrected chi connectivity index (χ0v) is 10.9. The van der Waals surface area contributed by atoms with Gasteiger partial charge in [0.1, 0.15) is 0 Å². The van der Waals surface area contributed by atoms with Crippen molar-refractivity contribution in [1.82, 2.24) is 5.32 Å². The normalized spacial score (nSPS) is 19.5. The molecule has 5 heteroatoms. The van der Waals surface area contributed by atoms with Crippen molar-refractivity contribution in [2.75, 3.05) is 6.54 Å². The van der Waals surface area contributed by atoms with Crippen molar-refractivity contribution in [3.05, 3.63) is 35.9 Å². The molecule has 0 saturated heterocycles. The Balaban J connectivity index is 1.82. The van der Waals surface area contributed by atoms with E-state index >= 15 is 0 Å². The molecule has 2 unspecified atom stereocenters. The topological polar surface area (TPSA) is 70.9 Å². The Kier molecular flexibility index (Phi) is 4.52. The number of rotatable bonds is 5. The zero-order chi connectivity index (χ0) is 13.7. The third kappa shape index (κ3) is 3.79. The van der Waals surface area contributed by atoms with Gasteiger partial charge in [-0.25, -0.2) is 0 Å². The quantitative estimate of drug-likeness (QED) is 0.833. The Bertz CT molecular complexity index is 457. The SMILES string of the molecule is CC(O)CCNC(=O)C1CC(c2ccccc2)=NO1. The van der Waals surface area contributed by atoms with Crippen LogP contribution in [0.5, 0.6) is 0 Å². The smallest absolute Gasteiger partial charge is 0.264 e. The van der Waals surface area contributed by atoms with E-state index in [2.05, 4.69) is 10.5 Å². The lowest BCUT2D eigenvalue weighted by Crippen LogP contribution is -2.36. The number of nitrogens with zero attached hydrogens (tertiary/aromatic N) is 1. The lowest BCUT2D eigenvalue weighted by atomic mass is 10.0. The highest BCUT2D eigenvalue weighted by Crippen LogP contribution is 2.16. The molecule has 1 aromatic carbocycles. The molecular formula is C14H18N2O3. The Morgan fingerprint density at radius 3 is 2.95 bits per heavy atom. The van der Waals surface area contributed by atoms with Crippen molar-refractivity contribution in [3.8, 4) is 0 Å². The number of nitrogens with one attached hydrogen (secondary N) is 1. The molecule has 1 aliphatic rings. The molecule has 0 spiro atoms. The summed E-state index contributed by atoms with van der Waals surface area (Å²) in [5, 5.41) is 15.8. The molecule has 2 N–H and O–H groups in total. The van der Waals surface area contributed by atoms with E-state index in [0.717, 1.165) is 11.3 Å². The summed E-state index contributed by atoms with van der Waals surface area (Å²) in [4.78, 5) is 17.0. The maximum atomic E-state index is 11.8. The molecule has 2 atom stereocenters. The number of hydrogen-bond acceptors (Lipinski definition) is 4. The molecule has 1 aromatic rings. The number of carbonyl (C=O) groups is 1. The molecule has 1 heterocycles. The van der Waals surface area contributed by atoms with E-state index in [-0.39, 0.29) is 5.91 Å². The van der Waals surface area contributed by atoms with Gasteiger partial charge in [0, 0.05) is 13.0 Å². The number of hydrogen-bond donors (Lipinski definition) is 2. The minimum atomic E-state index is -0.566. The van der Waals surface area contributed by atoms with Crippen LogP contribution in [0.4, 0.5) is 0 Å². The van der Waals surface area contributed by atoms with Crippen LogP contribution in [-0.2, 0) is 9.63 Å². The van der Waals surface area contributed by atoms with Crippen molar-refractivity contribution < 1.29 is 14.7 Å². The molecule has 102 valence electrons. The van der Waals surface area contributed by atoms with Crippen LogP contribution in [-0.4, -0.2) is 35.5 Å². The molecule has 0 aliphatic carbocycles. The summed E-state index contributed by atoms with van der Waals surface area (Å²) in [6, 6.07) is 9.66. The van der Waals surface area contributed by atoms with Gasteiger partial charge >= 0.3 is 0 Å². The third-order valence-corrected chi connectivity index (χ3v) is 2.93. The minimum Gasteiger partial charge on any atom is -0.393 e. The maximum Gasteiger partial charge on any atom is 0.264 e. The number of aliphatic hydroxyl groups is 1. The fourth-order valence-corrected chi connectivity index (χ4v) is 1.84. The number of benzene rings is 1. The van der Waals surface area contributed by atoms with E-state index < -0.39 is 12.2 Å². The molecule has 2 rings (SSSR count). The fraction of sp³-hybridized carbons (Fsp3) is 0.429. The molecular weight excluding hydrogens is 244 g/mol. The van der Waals surface area contributed by atoms with Crippen LogP contribution in [0, 0.1) is 0 Å². The standard InChI is InChI=1S/C14H18N2O3/c1-10(17)7-8-15-14(18)13-9-12(16-19-13)11-5-3-2-4-6-11/h2-6,10,13,17H,7-9H2,1H3,(H,15,18). The van der Waals surface area contributed by atoms with Crippen molar-refractivity contribution in [2.24, 2.45) is 5.16 Å². The molecule has 0 saturated carbocycles. The monoisotopic (exact) mass is 262 g/mol. The van der Waals surface area contributed by atoms with Crippen molar-refractivity contribution >= 4 is 11.6 Å². The molecule has 0 aromatic heterocycles. The van der Waals surface area contributed by atoms with Crippen LogP contribution in [0.25, 0.3) is 0 Å². The summed E-state index contributed by atoms with van der Waals surface area (Å²) < 4.78 is 0. The number of carbonyl (C=O) groups excluding carboxylic acids is 1. The van der Waals surface area contributed by atoms with Gasteiger partial charge in [-0.3, -0.25) is 4.79 Å². The summed E-state index contributed by atoms with van der Waals surface area (Å²) in [6.45, 7) is 2.13. The lowest BCUT2D eigenvalue weighted by Gasteiger charge is -2.10. The van der Waals surface area contributed by atoms with Gasteiger partial charge in [0.05, 0.1) is 11.8 Å². The largest absolute Gasteiger partial charge is 0.393 e. The van der Waals surface area contributed by atoms with E-state index in [1.54, 1.807) is 6.92 Å². The first-order valence-corrected chi connectivity index (χ1v) is 6.40. The number of aliphatic hydroxyl groups excluding tert-OH is 1. The predicted molar refractivity (Wildman–Crippen MR) is 71.8 cm³/mol. The van der Waals surface area contributed by atoms with Crippen LogP contribution in [0.15, 0.2) is 35.5 Å². The second kappa shape index (κ2) is 6.33. The number of oxime groups is 1. The van der Waals surface area contributed by atoms with Gasteiger partial charge in [0.2, 0.25) is 6.10 Å². The number of amides is 1. The first-order chi connectivity index (χ1) is 9.16. The third-order valence-electron chi connectivity index (χ3n) is 2.93. The van der Waals surface area contributed by atoms with Gasteiger partial charge in [-0.15, -0.1) is 0 Å². The van der Waals surface area contributed by atoms with Gasteiger partial charge in [-0.1, -0.05) is 35.5 Å². The summed E-state index contributed by atoms with van der Waals surface area (Å²) in [7, 11) is 0. The Morgan fingerprint density at radius 2 is 2.26 bits per heavy atom. The Morgan fingerprint density at radius 1 is 1.53 bits per heavy atom. The van der Waals surface area contributed by atoms with Gasteiger partial charge in [-0.05, 0) is 18.9 Å². The van der Waals surface area contributed by atoms with Crippen LogP contribution >= 0.6 is 0 Å². The van der Waals surface area contributed by atoms with Gasteiger partial charge in [-0.2, -0.15) is 0 Å². The summed E-state index contributed by atoms with van der Waals surface area (Å²) >= 11 is 0. The van der Waals surface area contributed by atoms with Crippen LogP contribution in [0.1, 0.15) is 25.3 Å². The van der Waals surface area contributed by atoms with Gasteiger partial charge < -0.3 is 15.3 Å². The molecule has 1 aliphatic heterocycles. The van der Waals surface area contributed by atoms with Gasteiger partial charge in [0.25, 0.3) is 5.91 Å². The summed E-state index contributed by atoms with van der Waals surface area (Å²) in [5.74, 6) is -0.185. The van der Waals surface area contributed by atoms with E-state index in [9.17, 15) is 4.79 Å². The molecule has 19 heavy (non-hydrogen) atoms. The summed E-state index contributed by atoms with van der Waals surface area (Å²) in [5.41, 5.74) is 1.76. The van der Waals surface area contributed by atoms with E-state index in [0.29, 0.717) is 19.4 Å². The maximum absolute atomic E-state index is 11.8. The molecule has 5 nitrogen and oxygen atoms in total. The van der Waals surface area contributed by atoms with Crippen molar-refractivity contribution in [1.29, 1.82) is 0 Å². The molecule has 0 radical (unpaired) electrons. The van der Waals surface area contributed by atoms with Crippen LogP contribution in [0.2, 0.25) is 0 Å². The summed E-state index contributed by atoms with van der Waals surface area (Å²) in [6.07, 6.45) is 0.0280. The first-order valence-electron chi connectivity index (χ1n) is 6.40. The highest BCUT2D eigenvalue weighted by Gasteiger charge is 2.28. The Hall–Kier alpha value is -1.88. The van der Waals surface area contributed by atoms with E-state index in [1.807, 2.05) is 30.3 Å². The van der Waals surface area contributed by atoms with Gasteiger partial charge in [0.15, 0.2) is 0 Å². The lowest BCUT2D eigenvalue weighted by molar-refractivity contribution is -0.131. The first kappa shape index (κ1) is 13.5. The van der Waals surface area contributed by atoms with Crippen molar-refractivity contribution in [3.63, 3.8) is 0 Å². The average molecular weight is 262 g/mol. The zero-order valence-electron chi connectivity index (χ0n) is 10.9. The fourth-order valence-electron chi connectivity index (χ4n) is 1.84. The second-order valence-electron chi connectivity index (χ2n) is 4.63.